The maximum atomic E-state index is 12.9. The second-order valence-electron chi connectivity index (χ2n) is 8.07. The lowest BCUT2D eigenvalue weighted by molar-refractivity contribution is -0.130. The van der Waals surface area contributed by atoms with Gasteiger partial charge < -0.3 is 18.9 Å². The van der Waals surface area contributed by atoms with Gasteiger partial charge in [-0.25, -0.2) is 0 Å². The molecule has 1 aliphatic heterocycles. The summed E-state index contributed by atoms with van der Waals surface area (Å²) >= 11 is 0. The van der Waals surface area contributed by atoms with Gasteiger partial charge in [0.1, 0.15) is 17.6 Å². The van der Waals surface area contributed by atoms with Crippen molar-refractivity contribution in [3.8, 4) is 11.5 Å². The molecule has 3 aromatic rings. The van der Waals surface area contributed by atoms with Crippen LogP contribution in [0.2, 0.25) is 0 Å². The molecular weight excluding hydrogens is 392 g/mol. The van der Waals surface area contributed by atoms with Crippen LogP contribution in [0.15, 0.2) is 53.3 Å². The average Bonchev–Trinajstić information content (AvgIpc) is 3.24. The average molecular weight is 421 g/mol. The molecule has 2 aromatic carbocycles. The van der Waals surface area contributed by atoms with E-state index in [1.54, 1.807) is 18.7 Å². The van der Waals surface area contributed by atoms with E-state index in [0.29, 0.717) is 31.7 Å². The van der Waals surface area contributed by atoms with Gasteiger partial charge >= 0.3 is 0 Å². The molecule has 0 N–H and O–H groups in total. The fourth-order valence-corrected chi connectivity index (χ4v) is 4.20. The zero-order valence-corrected chi connectivity index (χ0v) is 18.3. The van der Waals surface area contributed by atoms with E-state index in [2.05, 4.69) is 12.1 Å². The Labute approximate surface area is 182 Å². The highest BCUT2D eigenvalue weighted by atomic mass is 16.5. The topological polar surface area (TPSA) is 60.8 Å². The predicted octanol–water partition coefficient (Wildman–Crippen LogP) is 3.47. The van der Waals surface area contributed by atoms with Crippen molar-refractivity contribution in [2.24, 2.45) is 7.05 Å². The number of methoxy groups -OCH3 is 1. The quantitative estimate of drug-likeness (QED) is 0.613. The molecule has 1 fully saturated rings. The molecule has 4 rings (SSSR count). The highest BCUT2D eigenvalue weighted by molar-refractivity contribution is 5.88. The Morgan fingerprint density at radius 2 is 1.97 bits per heavy atom. The molecule has 0 bridgehead atoms. The third-order valence-corrected chi connectivity index (χ3v) is 6.08. The Bertz CT molecular complexity index is 1170. The molecule has 1 aromatic heterocycles. The summed E-state index contributed by atoms with van der Waals surface area (Å²) in [6.45, 7) is 3.08. The second kappa shape index (κ2) is 8.84. The number of benzene rings is 2. The van der Waals surface area contributed by atoms with Crippen LogP contribution in [-0.2, 0) is 18.3 Å². The number of nitrogens with zero attached hydrogens (tertiary/aromatic N) is 2. The van der Waals surface area contributed by atoms with Crippen LogP contribution in [0.3, 0.4) is 0 Å². The summed E-state index contributed by atoms with van der Waals surface area (Å²) in [5, 5.41) is 2.27. The summed E-state index contributed by atoms with van der Waals surface area (Å²) < 4.78 is 13.1. The van der Waals surface area contributed by atoms with E-state index in [4.69, 9.17) is 9.47 Å². The molecule has 162 valence electrons. The zero-order chi connectivity index (χ0) is 22.0. The van der Waals surface area contributed by atoms with Crippen molar-refractivity contribution in [3.63, 3.8) is 0 Å². The number of pyridine rings is 1. The molecule has 0 aliphatic carbocycles. The first kappa shape index (κ1) is 21.0. The maximum absolute atomic E-state index is 12.9. The molecule has 6 heteroatoms. The first-order chi connectivity index (χ1) is 15.0. The van der Waals surface area contributed by atoms with Crippen molar-refractivity contribution in [2.75, 3.05) is 20.2 Å². The first-order valence-electron chi connectivity index (χ1n) is 10.6. The molecule has 0 radical (unpaired) electrons. The highest BCUT2D eigenvalue weighted by Crippen LogP contribution is 2.29. The fraction of sp³-hybridized carbons (Fsp3) is 0.360. The lowest BCUT2D eigenvalue weighted by Crippen LogP contribution is -2.31. The lowest BCUT2D eigenvalue weighted by Gasteiger charge is -2.18. The molecule has 1 unspecified atom stereocenters. The van der Waals surface area contributed by atoms with E-state index in [1.807, 2.05) is 42.2 Å². The number of carbonyl (C=O) groups is 1. The number of hydrogen-bond acceptors (Lipinski definition) is 4. The number of likely N-dealkylation sites (tertiary alicyclic amines) is 1. The molecule has 2 heterocycles. The van der Waals surface area contributed by atoms with Crippen LogP contribution in [0.1, 0.15) is 24.1 Å². The molecular formula is C25H28N2O4. The fourth-order valence-electron chi connectivity index (χ4n) is 4.20. The smallest absolute Gasteiger partial charge is 0.254 e. The Hall–Kier alpha value is -3.28. The van der Waals surface area contributed by atoms with Crippen molar-refractivity contribution >= 4 is 16.7 Å². The monoisotopic (exact) mass is 420 g/mol. The first-order valence-corrected chi connectivity index (χ1v) is 10.6. The van der Waals surface area contributed by atoms with Crippen LogP contribution in [-0.4, -0.2) is 41.7 Å². The van der Waals surface area contributed by atoms with Crippen molar-refractivity contribution < 1.29 is 14.3 Å². The zero-order valence-electron chi connectivity index (χ0n) is 18.3. The van der Waals surface area contributed by atoms with Crippen molar-refractivity contribution in [1.29, 1.82) is 0 Å². The minimum absolute atomic E-state index is 0.0926. The van der Waals surface area contributed by atoms with Crippen LogP contribution in [0.4, 0.5) is 0 Å². The maximum Gasteiger partial charge on any atom is 0.254 e. The molecule has 1 aliphatic rings. The Morgan fingerprint density at radius 1 is 1.16 bits per heavy atom. The van der Waals surface area contributed by atoms with Gasteiger partial charge in [-0.1, -0.05) is 30.3 Å². The molecule has 1 saturated heterocycles. The summed E-state index contributed by atoms with van der Waals surface area (Å²) in [5.41, 5.74) is 1.82. The number of rotatable bonds is 6. The van der Waals surface area contributed by atoms with Crippen LogP contribution in [0.25, 0.3) is 10.8 Å². The second-order valence-corrected chi connectivity index (χ2v) is 8.07. The number of aromatic nitrogens is 1. The number of hydrogen-bond donors (Lipinski definition) is 0. The molecule has 6 nitrogen and oxygen atoms in total. The molecule has 1 amide bonds. The van der Waals surface area contributed by atoms with Crippen LogP contribution < -0.4 is 15.0 Å². The van der Waals surface area contributed by atoms with Gasteiger partial charge in [-0.3, -0.25) is 9.59 Å². The predicted molar refractivity (Wildman–Crippen MR) is 121 cm³/mol. The minimum atomic E-state index is -0.0949. The van der Waals surface area contributed by atoms with E-state index >= 15 is 0 Å². The third kappa shape index (κ3) is 4.43. The third-order valence-electron chi connectivity index (χ3n) is 6.08. The minimum Gasteiger partial charge on any atom is -0.496 e. The molecule has 0 spiro atoms. The summed E-state index contributed by atoms with van der Waals surface area (Å²) in [7, 11) is 3.40. The highest BCUT2D eigenvalue weighted by Gasteiger charge is 2.28. The van der Waals surface area contributed by atoms with Crippen molar-refractivity contribution in [3.05, 3.63) is 70.1 Å². The van der Waals surface area contributed by atoms with Gasteiger partial charge in [0.2, 0.25) is 5.91 Å². The number of fused-ring (bicyclic) bond motifs is 1. The normalized spacial score (nSPS) is 16.0. The standard InChI is InChI=1S/C25H28N2O4/c1-17-14-20(15-25(29)26(17)2)31-19-12-13-27(16-19)24(28)11-9-22-21-7-5-4-6-18(21)8-10-23(22)30-3/h4-8,10,14-15,19H,9,11-13,16H2,1-3H3. The Morgan fingerprint density at radius 3 is 2.74 bits per heavy atom. The van der Waals surface area contributed by atoms with Crippen LogP contribution in [0.5, 0.6) is 11.5 Å². The summed E-state index contributed by atoms with van der Waals surface area (Å²) in [6, 6.07) is 15.5. The van der Waals surface area contributed by atoms with E-state index in [0.717, 1.165) is 34.2 Å². The van der Waals surface area contributed by atoms with E-state index in [1.165, 1.54) is 6.07 Å². The summed E-state index contributed by atoms with van der Waals surface area (Å²) in [5.74, 6) is 1.50. The van der Waals surface area contributed by atoms with Gasteiger partial charge in [-0.2, -0.15) is 0 Å². The van der Waals surface area contributed by atoms with Gasteiger partial charge in [0.15, 0.2) is 0 Å². The Kier molecular flexibility index (Phi) is 5.98. The van der Waals surface area contributed by atoms with Crippen molar-refractivity contribution in [1.82, 2.24) is 9.47 Å². The molecule has 0 saturated carbocycles. The van der Waals surface area contributed by atoms with Crippen LogP contribution in [0, 0.1) is 6.92 Å². The molecule has 1 atom stereocenters. The van der Waals surface area contributed by atoms with Gasteiger partial charge in [0, 0.05) is 43.8 Å². The summed E-state index contributed by atoms with van der Waals surface area (Å²) in [6.07, 6.45) is 1.71. The number of amides is 1. The van der Waals surface area contributed by atoms with Gasteiger partial charge in [-0.15, -0.1) is 0 Å². The van der Waals surface area contributed by atoms with E-state index < -0.39 is 0 Å². The van der Waals surface area contributed by atoms with Gasteiger partial charge in [-0.05, 0) is 36.2 Å². The summed E-state index contributed by atoms with van der Waals surface area (Å²) in [4.78, 5) is 26.7. The number of carbonyl (C=O) groups excluding carboxylic acids is 1. The SMILES string of the molecule is COc1ccc2ccccc2c1CCC(=O)N1CCC(Oc2cc(C)n(C)c(=O)c2)C1. The lowest BCUT2D eigenvalue weighted by atomic mass is 9.99. The number of aryl methyl sites for hydroxylation is 2. The van der Waals surface area contributed by atoms with E-state index in [9.17, 15) is 9.59 Å². The van der Waals surface area contributed by atoms with Gasteiger partial charge in [0.25, 0.3) is 5.56 Å². The number of ether oxygens (including phenoxy) is 2. The largest absolute Gasteiger partial charge is 0.496 e. The van der Waals surface area contributed by atoms with E-state index in [-0.39, 0.29) is 17.6 Å². The van der Waals surface area contributed by atoms with Crippen molar-refractivity contribution in [2.45, 2.75) is 32.3 Å². The van der Waals surface area contributed by atoms with Crippen LogP contribution >= 0.6 is 0 Å². The molecule has 31 heavy (non-hydrogen) atoms. The van der Waals surface area contributed by atoms with Gasteiger partial charge in [0.05, 0.1) is 13.7 Å². The Balaban J connectivity index is 1.40.